The van der Waals surface area contributed by atoms with E-state index in [1.54, 1.807) is 31.2 Å². The smallest absolute Gasteiger partial charge is 0.342 e. The van der Waals surface area contributed by atoms with Gasteiger partial charge in [-0.25, -0.2) is 14.3 Å². The van der Waals surface area contributed by atoms with Gasteiger partial charge < -0.3 is 20.6 Å². The lowest BCUT2D eigenvalue weighted by Gasteiger charge is -2.07. The Morgan fingerprint density at radius 2 is 2.19 bits per heavy atom. The van der Waals surface area contributed by atoms with E-state index >= 15 is 0 Å². The van der Waals surface area contributed by atoms with E-state index in [1.165, 1.54) is 10.8 Å². The summed E-state index contributed by atoms with van der Waals surface area (Å²) in [6.07, 6.45) is 1.17. The molecule has 0 saturated carbocycles. The largest absolute Gasteiger partial charge is 0.458 e. The molecule has 0 atom stereocenters. The average molecular weight is 290 g/mol. The Morgan fingerprint density at radius 3 is 2.86 bits per heavy atom. The van der Waals surface area contributed by atoms with Crippen molar-refractivity contribution >= 4 is 17.5 Å². The third-order valence-corrected chi connectivity index (χ3v) is 2.95. The van der Waals surface area contributed by atoms with Crippen molar-refractivity contribution in [1.82, 2.24) is 9.55 Å². The summed E-state index contributed by atoms with van der Waals surface area (Å²) in [7, 11) is 0. The van der Waals surface area contributed by atoms with Crippen LogP contribution in [0.4, 0.5) is 11.5 Å². The van der Waals surface area contributed by atoms with Gasteiger partial charge in [0, 0.05) is 12.6 Å². The number of imidazole rings is 1. The maximum Gasteiger partial charge on any atom is 0.342 e. The summed E-state index contributed by atoms with van der Waals surface area (Å²) in [6, 6.07) is 6.55. The van der Waals surface area contributed by atoms with E-state index in [9.17, 15) is 14.9 Å². The molecule has 0 radical (unpaired) electrons. The number of anilines is 1. The van der Waals surface area contributed by atoms with Gasteiger partial charge in [-0.1, -0.05) is 12.1 Å². The lowest BCUT2D eigenvalue weighted by atomic mass is 10.2. The summed E-state index contributed by atoms with van der Waals surface area (Å²) in [4.78, 5) is 26.0. The number of rotatable bonds is 5. The highest BCUT2D eigenvalue weighted by Crippen LogP contribution is 2.14. The van der Waals surface area contributed by atoms with Gasteiger partial charge in [-0.05, 0) is 17.1 Å². The van der Waals surface area contributed by atoms with Crippen LogP contribution < -0.4 is 5.73 Å². The van der Waals surface area contributed by atoms with Gasteiger partial charge in [-0.2, -0.15) is 0 Å². The molecule has 0 aliphatic rings. The van der Waals surface area contributed by atoms with Crippen molar-refractivity contribution in [2.45, 2.75) is 13.5 Å². The summed E-state index contributed by atoms with van der Waals surface area (Å²) in [5.41, 5.74) is 6.27. The van der Waals surface area contributed by atoms with Gasteiger partial charge >= 0.3 is 11.8 Å². The lowest BCUT2D eigenvalue weighted by Crippen LogP contribution is -2.14. The number of hydrogen-bond donors (Lipinski definition) is 1. The van der Waals surface area contributed by atoms with E-state index in [4.69, 9.17) is 10.5 Å². The molecular weight excluding hydrogens is 276 g/mol. The van der Waals surface area contributed by atoms with Crippen molar-refractivity contribution in [3.05, 3.63) is 52.0 Å². The molecule has 0 saturated heterocycles. The molecule has 2 rings (SSSR count). The highest BCUT2D eigenvalue weighted by Gasteiger charge is 2.18. The highest BCUT2D eigenvalue weighted by molar-refractivity contribution is 5.94. The highest BCUT2D eigenvalue weighted by atomic mass is 16.6. The fourth-order valence-corrected chi connectivity index (χ4v) is 1.87. The number of nitrogens with two attached hydrogens (primary N) is 1. The number of ether oxygens (including phenoxy) is 1. The van der Waals surface area contributed by atoms with Crippen LogP contribution in [0.15, 0.2) is 30.5 Å². The number of nitrogen functional groups attached to an aromatic ring is 1. The van der Waals surface area contributed by atoms with Gasteiger partial charge in [-0.3, -0.25) is 0 Å². The zero-order chi connectivity index (χ0) is 15.4. The predicted octanol–water partition coefficient (Wildman–Crippen LogP) is 1.54. The summed E-state index contributed by atoms with van der Waals surface area (Å²) in [5.74, 6) is -0.215. The second kappa shape index (κ2) is 6.04. The van der Waals surface area contributed by atoms with E-state index < -0.39 is 10.9 Å². The van der Waals surface area contributed by atoms with E-state index in [2.05, 4.69) is 4.98 Å². The van der Waals surface area contributed by atoms with Crippen LogP contribution >= 0.6 is 0 Å². The molecule has 0 spiro atoms. The number of hydrogen-bond acceptors (Lipinski definition) is 6. The number of aromatic nitrogens is 2. The number of benzene rings is 1. The molecule has 2 N–H and O–H groups in total. The Morgan fingerprint density at radius 1 is 1.48 bits per heavy atom. The quantitative estimate of drug-likeness (QED) is 0.386. The van der Waals surface area contributed by atoms with Gasteiger partial charge in [-0.15, -0.1) is 0 Å². The molecule has 110 valence electrons. The summed E-state index contributed by atoms with van der Waals surface area (Å²) in [5, 5.41) is 10.8. The first-order chi connectivity index (χ1) is 10.0. The first-order valence-corrected chi connectivity index (χ1v) is 6.19. The standard InChI is InChI=1S/C13H14N4O4/c1-9-15-8-12(17(19)20)16(9)6-7-21-13(18)10-4-2-3-5-11(10)14/h2-5,8H,6-7,14H2,1H3. The van der Waals surface area contributed by atoms with Gasteiger partial charge in [0.2, 0.25) is 0 Å². The molecule has 0 fully saturated rings. The van der Waals surface area contributed by atoms with Crippen molar-refractivity contribution in [3.8, 4) is 0 Å². The topological polar surface area (TPSA) is 113 Å². The van der Waals surface area contributed by atoms with Crippen molar-refractivity contribution in [2.75, 3.05) is 12.3 Å². The fraction of sp³-hybridized carbons (Fsp3) is 0.231. The minimum absolute atomic E-state index is 0.00872. The maximum atomic E-state index is 11.8. The molecule has 1 aromatic heterocycles. The van der Waals surface area contributed by atoms with Crippen LogP contribution in [0.5, 0.6) is 0 Å². The zero-order valence-electron chi connectivity index (χ0n) is 11.4. The monoisotopic (exact) mass is 290 g/mol. The fourth-order valence-electron chi connectivity index (χ4n) is 1.87. The average Bonchev–Trinajstić information content (AvgIpc) is 2.81. The number of aryl methyl sites for hydroxylation is 1. The molecule has 0 aliphatic carbocycles. The Bertz CT molecular complexity index is 681. The van der Waals surface area contributed by atoms with Crippen LogP contribution in [-0.2, 0) is 11.3 Å². The van der Waals surface area contributed by atoms with Crippen molar-refractivity contribution in [2.24, 2.45) is 0 Å². The minimum Gasteiger partial charge on any atom is -0.458 e. The molecule has 1 heterocycles. The van der Waals surface area contributed by atoms with Crippen LogP contribution in [0.3, 0.4) is 0 Å². The molecule has 21 heavy (non-hydrogen) atoms. The number of nitrogens with zero attached hydrogens (tertiary/aromatic N) is 3. The van der Waals surface area contributed by atoms with Crippen LogP contribution in [0, 0.1) is 17.0 Å². The Hall–Kier alpha value is -2.90. The minimum atomic E-state index is -0.562. The third kappa shape index (κ3) is 3.16. The first kappa shape index (κ1) is 14.5. The van der Waals surface area contributed by atoms with Crippen LogP contribution in [0.1, 0.15) is 16.2 Å². The Kier molecular flexibility index (Phi) is 4.17. The lowest BCUT2D eigenvalue weighted by molar-refractivity contribution is -0.392. The molecule has 0 amide bonds. The van der Waals surface area contributed by atoms with E-state index in [1.807, 2.05) is 0 Å². The zero-order valence-corrected chi connectivity index (χ0v) is 11.4. The van der Waals surface area contributed by atoms with Gasteiger partial charge in [0.1, 0.15) is 19.3 Å². The number of carbonyl (C=O) groups excluding carboxylic acids is 1. The molecule has 0 unspecified atom stereocenters. The van der Waals surface area contributed by atoms with E-state index in [0.29, 0.717) is 11.5 Å². The molecule has 2 aromatic rings. The molecule has 8 heteroatoms. The second-order valence-corrected chi connectivity index (χ2v) is 4.30. The van der Waals surface area contributed by atoms with Crippen LogP contribution in [0.25, 0.3) is 0 Å². The van der Waals surface area contributed by atoms with Gasteiger partial charge in [0.15, 0.2) is 5.82 Å². The molecule has 0 aliphatic heterocycles. The number of esters is 1. The van der Waals surface area contributed by atoms with E-state index in [-0.39, 0.29) is 24.5 Å². The molecule has 0 bridgehead atoms. The summed E-state index contributed by atoms with van der Waals surface area (Å²) >= 11 is 0. The number of carbonyl (C=O) groups is 1. The molecular formula is C13H14N4O4. The summed E-state index contributed by atoms with van der Waals surface area (Å²) in [6.45, 7) is 1.79. The van der Waals surface area contributed by atoms with Gasteiger partial charge in [0.05, 0.1) is 5.56 Å². The van der Waals surface area contributed by atoms with Crippen LogP contribution in [0.2, 0.25) is 0 Å². The normalized spacial score (nSPS) is 10.3. The SMILES string of the molecule is Cc1ncc([N+](=O)[O-])n1CCOC(=O)c1ccccc1N. The first-order valence-electron chi connectivity index (χ1n) is 6.19. The van der Waals surface area contributed by atoms with Crippen molar-refractivity contribution < 1.29 is 14.5 Å². The number of nitro groups is 1. The van der Waals surface area contributed by atoms with Crippen LogP contribution in [-0.4, -0.2) is 27.1 Å². The van der Waals surface area contributed by atoms with E-state index in [0.717, 1.165) is 0 Å². The van der Waals surface area contributed by atoms with Gasteiger partial charge in [0.25, 0.3) is 0 Å². The van der Waals surface area contributed by atoms with Crippen molar-refractivity contribution in [1.29, 1.82) is 0 Å². The second-order valence-electron chi connectivity index (χ2n) is 4.30. The third-order valence-electron chi connectivity index (χ3n) is 2.95. The molecule has 8 nitrogen and oxygen atoms in total. The molecule has 1 aromatic carbocycles. The maximum absolute atomic E-state index is 11.8. The number of para-hydroxylation sites is 1. The Balaban J connectivity index is 1.99. The predicted molar refractivity (Wildman–Crippen MR) is 74.8 cm³/mol. The van der Waals surface area contributed by atoms with Crippen molar-refractivity contribution in [3.63, 3.8) is 0 Å². The summed E-state index contributed by atoms with van der Waals surface area (Å²) < 4.78 is 6.46. The Labute approximate surface area is 120 Å².